The minimum atomic E-state index is 0.251. The van der Waals surface area contributed by atoms with E-state index in [2.05, 4.69) is 20.9 Å². The minimum Gasteiger partial charge on any atom is -0.371 e. The molecule has 3 heterocycles. The first-order valence-electron chi connectivity index (χ1n) is 6.08. The number of ether oxygens (including phenoxy) is 1. The maximum absolute atomic E-state index is 6.15. The Labute approximate surface area is 86.8 Å². The molecular formula is C12H22NO+. The van der Waals surface area contributed by atoms with E-state index in [1.54, 1.807) is 0 Å². The van der Waals surface area contributed by atoms with Crippen molar-refractivity contribution in [3.63, 3.8) is 0 Å². The normalized spacial score (nSPS) is 60.6. The van der Waals surface area contributed by atoms with Crippen molar-refractivity contribution in [2.75, 3.05) is 26.7 Å². The summed E-state index contributed by atoms with van der Waals surface area (Å²) in [6.45, 7) is 8.68. The Bertz CT molecular complexity index is 267. The molecule has 0 aliphatic carbocycles. The number of likely N-dealkylation sites (tertiary alicyclic amines) is 1. The molecule has 0 N–H and O–H groups in total. The van der Waals surface area contributed by atoms with Crippen molar-refractivity contribution >= 4 is 0 Å². The summed E-state index contributed by atoms with van der Waals surface area (Å²) in [5.74, 6) is 1.73. The number of fused-ring (bicyclic) bond motifs is 5. The van der Waals surface area contributed by atoms with E-state index in [9.17, 15) is 0 Å². The summed E-state index contributed by atoms with van der Waals surface area (Å²) in [5.41, 5.74) is 0.251. The van der Waals surface area contributed by atoms with Crippen LogP contribution in [-0.4, -0.2) is 42.9 Å². The molecular weight excluding hydrogens is 174 g/mol. The van der Waals surface area contributed by atoms with Crippen molar-refractivity contribution in [2.45, 2.75) is 38.4 Å². The van der Waals surface area contributed by atoms with Gasteiger partial charge in [-0.15, -0.1) is 0 Å². The Morgan fingerprint density at radius 3 is 2.86 bits per heavy atom. The highest BCUT2D eigenvalue weighted by atomic mass is 16.5. The second-order valence-electron chi connectivity index (χ2n) is 6.08. The molecule has 14 heavy (non-hydrogen) atoms. The van der Waals surface area contributed by atoms with Gasteiger partial charge in [-0.05, 0) is 26.7 Å². The summed E-state index contributed by atoms with van der Waals surface area (Å²) in [4.78, 5) is 0. The van der Waals surface area contributed by atoms with Crippen LogP contribution in [0.4, 0.5) is 0 Å². The lowest BCUT2D eigenvalue weighted by molar-refractivity contribution is -0.899. The minimum absolute atomic E-state index is 0.251. The van der Waals surface area contributed by atoms with Crippen molar-refractivity contribution in [3.8, 4) is 0 Å². The van der Waals surface area contributed by atoms with Crippen LogP contribution < -0.4 is 0 Å². The SMILES string of the molecule is CC[N+]1(C)C[C@@H]2[C@@H]3CC[C@](C)(O3)[C@@H]2C1. The predicted molar refractivity (Wildman–Crippen MR) is 56.0 cm³/mol. The van der Waals surface area contributed by atoms with Gasteiger partial charge in [0, 0.05) is 11.8 Å². The van der Waals surface area contributed by atoms with E-state index in [-0.39, 0.29) is 5.60 Å². The van der Waals surface area contributed by atoms with Crippen LogP contribution in [0, 0.1) is 11.8 Å². The highest BCUT2D eigenvalue weighted by Crippen LogP contribution is 2.55. The zero-order valence-electron chi connectivity index (χ0n) is 9.62. The van der Waals surface area contributed by atoms with E-state index in [1.165, 1.54) is 37.0 Å². The van der Waals surface area contributed by atoms with Gasteiger partial charge in [-0.25, -0.2) is 0 Å². The van der Waals surface area contributed by atoms with Gasteiger partial charge >= 0.3 is 0 Å². The molecule has 5 atom stereocenters. The third kappa shape index (κ3) is 0.989. The topological polar surface area (TPSA) is 9.23 Å². The summed E-state index contributed by atoms with van der Waals surface area (Å²) in [7, 11) is 2.42. The van der Waals surface area contributed by atoms with Gasteiger partial charge in [-0.3, -0.25) is 0 Å². The Balaban J connectivity index is 1.88. The van der Waals surface area contributed by atoms with Crippen LogP contribution >= 0.6 is 0 Å². The highest BCUT2D eigenvalue weighted by molar-refractivity contribution is 5.06. The molecule has 3 rings (SSSR count). The molecule has 0 aromatic carbocycles. The molecule has 3 aliphatic rings. The molecule has 2 bridgehead atoms. The number of hydrogen-bond acceptors (Lipinski definition) is 1. The van der Waals surface area contributed by atoms with Gasteiger partial charge in [-0.1, -0.05) is 0 Å². The van der Waals surface area contributed by atoms with Crippen molar-refractivity contribution in [2.24, 2.45) is 11.8 Å². The Hall–Kier alpha value is -0.0800. The molecule has 3 fully saturated rings. The van der Waals surface area contributed by atoms with Crippen LogP contribution in [0.25, 0.3) is 0 Å². The summed E-state index contributed by atoms with van der Waals surface area (Å²) < 4.78 is 7.44. The molecule has 0 radical (unpaired) electrons. The first-order valence-corrected chi connectivity index (χ1v) is 6.08. The van der Waals surface area contributed by atoms with Crippen molar-refractivity contribution in [1.82, 2.24) is 0 Å². The lowest BCUT2D eigenvalue weighted by atomic mass is 9.75. The van der Waals surface area contributed by atoms with Crippen molar-refractivity contribution < 1.29 is 9.22 Å². The second-order valence-corrected chi connectivity index (χ2v) is 6.08. The van der Waals surface area contributed by atoms with E-state index < -0.39 is 0 Å². The molecule has 80 valence electrons. The quantitative estimate of drug-likeness (QED) is 0.579. The van der Waals surface area contributed by atoms with Gasteiger partial charge < -0.3 is 9.22 Å². The predicted octanol–water partition coefficient (Wildman–Crippen LogP) is 1.65. The molecule has 1 unspecified atom stereocenters. The average Bonchev–Trinajstić information content (AvgIpc) is 2.74. The summed E-state index contributed by atoms with van der Waals surface area (Å²) in [5, 5.41) is 0. The Kier molecular flexibility index (Phi) is 1.66. The summed E-state index contributed by atoms with van der Waals surface area (Å²) in [6.07, 6.45) is 3.24. The maximum Gasteiger partial charge on any atom is 0.0847 e. The third-order valence-corrected chi connectivity index (χ3v) is 5.18. The van der Waals surface area contributed by atoms with E-state index in [0.29, 0.717) is 6.10 Å². The van der Waals surface area contributed by atoms with Gasteiger partial charge in [-0.2, -0.15) is 0 Å². The standard InChI is InChI=1S/C12H22NO/c1-4-13(3)7-9-10(8-13)12(2)6-5-11(9)14-12/h9-11H,4-8H2,1-3H3/q+1/t9-,10+,11-,12-,13?/m0/s1. The number of rotatable bonds is 1. The second kappa shape index (κ2) is 2.53. The zero-order valence-corrected chi connectivity index (χ0v) is 9.62. The van der Waals surface area contributed by atoms with Gasteiger partial charge in [0.05, 0.1) is 38.4 Å². The van der Waals surface area contributed by atoms with Crippen LogP contribution in [0.5, 0.6) is 0 Å². The smallest absolute Gasteiger partial charge is 0.0847 e. The molecule has 3 aliphatic heterocycles. The van der Waals surface area contributed by atoms with Gasteiger partial charge in [0.25, 0.3) is 0 Å². The number of nitrogens with zero attached hydrogens (tertiary/aromatic N) is 1. The first kappa shape index (κ1) is 9.17. The maximum atomic E-state index is 6.15. The largest absolute Gasteiger partial charge is 0.371 e. The highest BCUT2D eigenvalue weighted by Gasteiger charge is 2.63. The number of quaternary nitrogens is 1. The van der Waals surface area contributed by atoms with Gasteiger partial charge in [0.2, 0.25) is 0 Å². The Morgan fingerprint density at radius 2 is 2.21 bits per heavy atom. The fourth-order valence-corrected chi connectivity index (χ4v) is 4.07. The summed E-state index contributed by atoms with van der Waals surface area (Å²) in [6, 6.07) is 0. The number of hydrogen-bond donors (Lipinski definition) is 0. The van der Waals surface area contributed by atoms with E-state index in [1.807, 2.05) is 0 Å². The van der Waals surface area contributed by atoms with Crippen LogP contribution in [-0.2, 0) is 4.74 Å². The van der Waals surface area contributed by atoms with E-state index in [0.717, 1.165) is 11.8 Å². The van der Waals surface area contributed by atoms with Gasteiger partial charge in [0.15, 0.2) is 0 Å². The summed E-state index contributed by atoms with van der Waals surface area (Å²) >= 11 is 0. The zero-order chi connectivity index (χ0) is 9.97. The van der Waals surface area contributed by atoms with E-state index in [4.69, 9.17) is 4.74 Å². The lowest BCUT2D eigenvalue weighted by Crippen LogP contribution is -2.44. The van der Waals surface area contributed by atoms with Crippen LogP contribution in [0.15, 0.2) is 0 Å². The lowest BCUT2D eigenvalue weighted by Gasteiger charge is -2.32. The molecule has 0 amide bonds. The van der Waals surface area contributed by atoms with E-state index >= 15 is 0 Å². The molecule has 0 spiro atoms. The molecule has 3 saturated heterocycles. The molecule has 2 nitrogen and oxygen atoms in total. The van der Waals surface area contributed by atoms with Crippen LogP contribution in [0.1, 0.15) is 26.7 Å². The molecule has 0 aromatic heterocycles. The third-order valence-electron chi connectivity index (χ3n) is 5.18. The monoisotopic (exact) mass is 196 g/mol. The van der Waals surface area contributed by atoms with Gasteiger partial charge in [0.1, 0.15) is 0 Å². The fraction of sp³-hybridized carbons (Fsp3) is 1.00. The van der Waals surface area contributed by atoms with Crippen LogP contribution in [0.3, 0.4) is 0 Å². The van der Waals surface area contributed by atoms with Crippen LogP contribution in [0.2, 0.25) is 0 Å². The van der Waals surface area contributed by atoms with Crippen molar-refractivity contribution in [3.05, 3.63) is 0 Å². The molecule has 0 saturated carbocycles. The first-order chi connectivity index (χ1) is 6.56. The molecule has 2 heteroatoms. The van der Waals surface area contributed by atoms with Crippen molar-refractivity contribution in [1.29, 1.82) is 0 Å². The average molecular weight is 196 g/mol. The molecule has 0 aromatic rings. The fourth-order valence-electron chi connectivity index (χ4n) is 4.07. The Morgan fingerprint density at radius 1 is 1.43 bits per heavy atom.